The molecular formula is C9H12ClNO2. The number of aromatic nitrogens is 1. The van der Waals surface area contributed by atoms with Crippen molar-refractivity contribution in [3.8, 4) is 5.88 Å². The number of halogens is 1. The van der Waals surface area contributed by atoms with Crippen molar-refractivity contribution in [2.24, 2.45) is 0 Å². The third kappa shape index (κ3) is 3.61. The lowest BCUT2D eigenvalue weighted by Gasteiger charge is -2.04. The zero-order chi connectivity index (χ0) is 9.52. The molecular weight excluding hydrogens is 190 g/mol. The average molecular weight is 202 g/mol. The number of pyridine rings is 1. The fraction of sp³-hybridized carbons (Fsp3) is 0.444. The normalized spacial score (nSPS) is 10.0. The molecule has 0 aliphatic heterocycles. The van der Waals surface area contributed by atoms with Gasteiger partial charge in [-0.05, 0) is 6.07 Å². The van der Waals surface area contributed by atoms with Gasteiger partial charge in [0.1, 0.15) is 6.61 Å². The summed E-state index contributed by atoms with van der Waals surface area (Å²) >= 11 is 5.62. The molecule has 0 saturated carbocycles. The van der Waals surface area contributed by atoms with Crippen molar-refractivity contribution in [2.75, 3.05) is 20.3 Å². The monoisotopic (exact) mass is 201 g/mol. The zero-order valence-corrected chi connectivity index (χ0v) is 8.25. The highest BCUT2D eigenvalue weighted by atomic mass is 35.5. The number of nitrogens with zero attached hydrogens (tertiary/aromatic N) is 1. The predicted octanol–water partition coefficient (Wildman–Crippen LogP) is 1.85. The van der Waals surface area contributed by atoms with Crippen LogP contribution in [0.2, 0.25) is 0 Å². The third-order valence-electron chi connectivity index (χ3n) is 1.46. The van der Waals surface area contributed by atoms with Gasteiger partial charge in [0, 0.05) is 13.2 Å². The van der Waals surface area contributed by atoms with Crippen LogP contribution >= 0.6 is 11.6 Å². The molecule has 1 rings (SSSR count). The molecule has 0 aliphatic carbocycles. The first-order valence-corrected chi connectivity index (χ1v) is 4.54. The van der Waals surface area contributed by atoms with Crippen LogP contribution in [0.5, 0.6) is 5.88 Å². The molecule has 0 amide bonds. The van der Waals surface area contributed by atoms with Gasteiger partial charge in [0.2, 0.25) is 5.88 Å². The Morgan fingerprint density at radius 2 is 2.23 bits per heavy atom. The van der Waals surface area contributed by atoms with E-state index in [2.05, 4.69) is 4.98 Å². The van der Waals surface area contributed by atoms with Crippen LogP contribution in [0.15, 0.2) is 18.2 Å². The molecule has 0 bridgehead atoms. The molecule has 1 aromatic heterocycles. The molecule has 13 heavy (non-hydrogen) atoms. The van der Waals surface area contributed by atoms with E-state index in [1.54, 1.807) is 13.2 Å². The van der Waals surface area contributed by atoms with Gasteiger partial charge in [-0.2, -0.15) is 0 Å². The number of alkyl halides is 1. The molecule has 1 aromatic rings. The lowest BCUT2D eigenvalue weighted by atomic mass is 10.4. The van der Waals surface area contributed by atoms with Crippen LogP contribution in [0.1, 0.15) is 5.69 Å². The summed E-state index contributed by atoms with van der Waals surface area (Å²) < 4.78 is 10.1. The van der Waals surface area contributed by atoms with Gasteiger partial charge < -0.3 is 9.47 Å². The van der Waals surface area contributed by atoms with Crippen LogP contribution in [0.3, 0.4) is 0 Å². The van der Waals surface area contributed by atoms with Crippen molar-refractivity contribution in [1.29, 1.82) is 0 Å². The van der Waals surface area contributed by atoms with Crippen molar-refractivity contribution < 1.29 is 9.47 Å². The lowest BCUT2D eigenvalue weighted by Crippen LogP contribution is -2.05. The lowest BCUT2D eigenvalue weighted by molar-refractivity contribution is 0.143. The van der Waals surface area contributed by atoms with E-state index in [0.717, 1.165) is 5.69 Å². The largest absolute Gasteiger partial charge is 0.475 e. The number of rotatable bonds is 5. The molecule has 0 aliphatic rings. The van der Waals surface area contributed by atoms with Crippen molar-refractivity contribution in [2.45, 2.75) is 5.88 Å². The molecule has 3 nitrogen and oxygen atoms in total. The first kappa shape index (κ1) is 10.3. The quantitative estimate of drug-likeness (QED) is 0.538. The highest BCUT2D eigenvalue weighted by Crippen LogP contribution is 2.08. The highest BCUT2D eigenvalue weighted by Gasteiger charge is 1.96. The van der Waals surface area contributed by atoms with Gasteiger partial charge in [-0.25, -0.2) is 4.98 Å². The van der Waals surface area contributed by atoms with Crippen molar-refractivity contribution in [3.05, 3.63) is 23.9 Å². The minimum absolute atomic E-state index is 0.404. The van der Waals surface area contributed by atoms with Gasteiger partial charge in [-0.3, -0.25) is 0 Å². The molecule has 0 saturated heterocycles. The van der Waals surface area contributed by atoms with E-state index in [9.17, 15) is 0 Å². The Kier molecular flexibility index (Phi) is 4.57. The fourth-order valence-corrected chi connectivity index (χ4v) is 0.991. The summed E-state index contributed by atoms with van der Waals surface area (Å²) in [5.41, 5.74) is 0.816. The number of hydrogen-bond donors (Lipinski definition) is 0. The summed E-state index contributed by atoms with van der Waals surface area (Å²) in [4.78, 5) is 4.15. The summed E-state index contributed by atoms with van der Waals surface area (Å²) in [5, 5.41) is 0. The molecule has 0 aromatic carbocycles. The second kappa shape index (κ2) is 5.78. The molecule has 72 valence electrons. The van der Waals surface area contributed by atoms with Gasteiger partial charge >= 0.3 is 0 Å². The SMILES string of the molecule is COCCOc1cccc(CCl)n1. The second-order valence-electron chi connectivity index (χ2n) is 2.44. The van der Waals surface area contributed by atoms with Gasteiger partial charge in [-0.1, -0.05) is 6.07 Å². The summed E-state index contributed by atoms with van der Waals surface area (Å²) in [7, 11) is 1.63. The van der Waals surface area contributed by atoms with Gasteiger partial charge in [0.15, 0.2) is 0 Å². The first-order chi connectivity index (χ1) is 6.36. The van der Waals surface area contributed by atoms with E-state index >= 15 is 0 Å². The van der Waals surface area contributed by atoms with Crippen LogP contribution in [0, 0.1) is 0 Å². The highest BCUT2D eigenvalue weighted by molar-refractivity contribution is 6.16. The predicted molar refractivity (Wildman–Crippen MR) is 51.2 cm³/mol. The Balaban J connectivity index is 2.46. The molecule has 0 unspecified atom stereocenters. The van der Waals surface area contributed by atoms with Crippen LogP contribution in [0.25, 0.3) is 0 Å². The smallest absolute Gasteiger partial charge is 0.213 e. The maximum absolute atomic E-state index is 5.62. The maximum Gasteiger partial charge on any atom is 0.213 e. The Bertz CT molecular complexity index is 255. The van der Waals surface area contributed by atoms with Gasteiger partial charge in [0.25, 0.3) is 0 Å². The molecule has 0 fully saturated rings. The summed E-state index contributed by atoms with van der Waals surface area (Å²) in [6.07, 6.45) is 0. The standard InChI is InChI=1S/C9H12ClNO2/c1-12-5-6-13-9-4-2-3-8(7-10)11-9/h2-4H,5-7H2,1H3. The van der Waals surface area contributed by atoms with Crippen LogP contribution in [0.4, 0.5) is 0 Å². The third-order valence-corrected chi connectivity index (χ3v) is 1.73. The topological polar surface area (TPSA) is 31.4 Å². The van der Waals surface area contributed by atoms with E-state index in [0.29, 0.717) is 25.0 Å². The number of methoxy groups -OCH3 is 1. The minimum Gasteiger partial charge on any atom is -0.475 e. The van der Waals surface area contributed by atoms with Gasteiger partial charge in [-0.15, -0.1) is 11.6 Å². The van der Waals surface area contributed by atoms with Crippen molar-refractivity contribution >= 4 is 11.6 Å². The summed E-state index contributed by atoms with van der Waals surface area (Å²) in [6, 6.07) is 5.52. The molecule has 4 heteroatoms. The van der Waals surface area contributed by atoms with Crippen molar-refractivity contribution in [1.82, 2.24) is 4.98 Å². The number of hydrogen-bond acceptors (Lipinski definition) is 3. The van der Waals surface area contributed by atoms with E-state index in [-0.39, 0.29) is 0 Å². The first-order valence-electron chi connectivity index (χ1n) is 4.00. The van der Waals surface area contributed by atoms with Gasteiger partial charge in [0.05, 0.1) is 18.2 Å². The Morgan fingerprint density at radius 1 is 1.38 bits per heavy atom. The number of ether oxygens (including phenoxy) is 2. The average Bonchev–Trinajstić information content (AvgIpc) is 2.19. The fourth-order valence-electron chi connectivity index (χ4n) is 0.842. The molecule has 0 spiro atoms. The molecule has 0 atom stereocenters. The van der Waals surface area contributed by atoms with Crippen LogP contribution < -0.4 is 4.74 Å². The molecule has 0 N–H and O–H groups in total. The maximum atomic E-state index is 5.62. The van der Waals surface area contributed by atoms with Crippen LogP contribution in [-0.2, 0) is 10.6 Å². The zero-order valence-electron chi connectivity index (χ0n) is 7.50. The minimum atomic E-state index is 0.404. The molecule has 0 radical (unpaired) electrons. The Hall–Kier alpha value is -0.800. The Labute approximate surface area is 82.6 Å². The van der Waals surface area contributed by atoms with E-state index in [4.69, 9.17) is 21.1 Å². The second-order valence-corrected chi connectivity index (χ2v) is 2.71. The van der Waals surface area contributed by atoms with E-state index in [1.807, 2.05) is 12.1 Å². The van der Waals surface area contributed by atoms with Crippen molar-refractivity contribution in [3.63, 3.8) is 0 Å². The van der Waals surface area contributed by atoms with Crippen LogP contribution in [-0.4, -0.2) is 25.3 Å². The summed E-state index contributed by atoms with van der Waals surface area (Å²) in [5.74, 6) is 0.997. The van der Waals surface area contributed by atoms with E-state index in [1.165, 1.54) is 0 Å². The van der Waals surface area contributed by atoms with E-state index < -0.39 is 0 Å². The summed E-state index contributed by atoms with van der Waals surface area (Å²) in [6.45, 7) is 1.07. The Morgan fingerprint density at radius 3 is 2.92 bits per heavy atom. The molecule has 1 heterocycles.